The molecule has 3 rings (SSSR count). The number of hydrogen-bond donors (Lipinski definition) is 2. The quantitative estimate of drug-likeness (QED) is 0.845. The first-order valence-corrected chi connectivity index (χ1v) is 8.34. The van der Waals surface area contributed by atoms with Crippen LogP contribution in [0.2, 0.25) is 0 Å². The van der Waals surface area contributed by atoms with E-state index in [1.807, 2.05) is 0 Å². The number of benzene rings is 2. The van der Waals surface area contributed by atoms with Crippen LogP contribution >= 0.6 is 0 Å². The van der Waals surface area contributed by atoms with Crippen molar-refractivity contribution in [3.05, 3.63) is 59.7 Å². The number of aliphatic hydroxyl groups excluding tert-OH is 1. The van der Waals surface area contributed by atoms with Crippen molar-refractivity contribution in [3.63, 3.8) is 0 Å². The Hall–Kier alpha value is -1.68. The van der Waals surface area contributed by atoms with Gasteiger partial charge in [-0.15, -0.1) is 0 Å². The van der Waals surface area contributed by atoms with Crippen molar-refractivity contribution in [1.82, 2.24) is 0 Å². The lowest BCUT2D eigenvalue weighted by Crippen LogP contribution is -2.32. The van der Waals surface area contributed by atoms with E-state index in [9.17, 15) is 5.11 Å². The minimum Gasteiger partial charge on any atom is -0.393 e. The molecule has 0 aromatic heterocycles. The molecule has 2 aromatic rings. The van der Waals surface area contributed by atoms with Crippen LogP contribution in [0.25, 0.3) is 11.1 Å². The molecule has 0 saturated heterocycles. The van der Waals surface area contributed by atoms with Gasteiger partial charge in [-0.3, -0.25) is 0 Å². The molecular weight excluding hydrogens is 286 g/mol. The molecule has 0 heterocycles. The SMILES string of the molecule is Cc1ccc(-c2ccc(C3CCC(O)C(CON)C3)cc2)cc1. The van der Waals surface area contributed by atoms with Crippen LogP contribution in [0.4, 0.5) is 0 Å². The number of hydrogen-bond acceptors (Lipinski definition) is 3. The molecule has 23 heavy (non-hydrogen) atoms. The smallest absolute Gasteiger partial charge is 0.0732 e. The number of rotatable bonds is 4. The number of aliphatic hydroxyl groups is 1. The molecule has 3 heteroatoms. The van der Waals surface area contributed by atoms with Crippen LogP contribution in [0.15, 0.2) is 48.5 Å². The van der Waals surface area contributed by atoms with Gasteiger partial charge in [-0.2, -0.15) is 0 Å². The van der Waals surface area contributed by atoms with E-state index in [-0.39, 0.29) is 12.0 Å². The monoisotopic (exact) mass is 311 g/mol. The summed E-state index contributed by atoms with van der Waals surface area (Å²) >= 11 is 0. The summed E-state index contributed by atoms with van der Waals surface area (Å²) in [5, 5.41) is 10.0. The first-order chi connectivity index (χ1) is 11.2. The van der Waals surface area contributed by atoms with Crippen LogP contribution in [-0.4, -0.2) is 17.8 Å². The van der Waals surface area contributed by atoms with Gasteiger partial charge in [0.1, 0.15) is 0 Å². The highest BCUT2D eigenvalue weighted by molar-refractivity contribution is 5.64. The first kappa shape index (κ1) is 16.2. The van der Waals surface area contributed by atoms with Gasteiger partial charge in [0.05, 0.1) is 12.7 Å². The van der Waals surface area contributed by atoms with Crippen molar-refractivity contribution in [2.75, 3.05) is 6.61 Å². The van der Waals surface area contributed by atoms with Gasteiger partial charge >= 0.3 is 0 Å². The van der Waals surface area contributed by atoms with Crippen LogP contribution in [0.5, 0.6) is 0 Å². The van der Waals surface area contributed by atoms with Gasteiger partial charge in [-0.05, 0) is 48.8 Å². The van der Waals surface area contributed by atoms with Gasteiger partial charge in [-0.1, -0.05) is 54.1 Å². The van der Waals surface area contributed by atoms with Crippen molar-refractivity contribution in [2.24, 2.45) is 11.8 Å². The Morgan fingerprint density at radius 2 is 1.61 bits per heavy atom. The van der Waals surface area contributed by atoms with Gasteiger partial charge in [-0.25, -0.2) is 5.90 Å². The second kappa shape index (κ2) is 7.26. The van der Waals surface area contributed by atoms with Crippen LogP contribution in [0.1, 0.15) is 36.3 Å². The fraction of sp³-hybridized carbons (Fsp3) is 0.400. The van der Waals surface area contributed by atoms with Gasteiger partial charge in [0.15, 0.2) is 0 Å². The number of nitrogens with two attached hydrogens (primary N) is 1. The third-order valence-electron chi connectivity index (χ3n) is 5.02. The lowest BCUT2D eigenvalue weighted by Gasteiger charge is -2.33. The molecule has 3 nitrogen and oxygen atoms in total. The third kappa shape index (κ3) is 3.81. The highest BCUT2D eigenvalue weighted by atomic mass is 16.6. The Kier molecular flexibility index (Phi) is 5.11. The molecule has 2 aromatic carbocycles. The van der Waals surface area contributed by atoms with Crippen molar-refractivity contribution < 1.29 is 9.94 Å². The van der Waals surface area contributed by atoms with Crippen LogP contribution in [-0.2, 0) is 4.84 Å². The molecule has 122 valence electrons. The lowest BCUT2D eigenvalue weighted by atomic mass is 9.76. The maximum Gasteiger partial charge on any atom is 0.0732 e. The van der Waals surface area contributed by atoms with Gasteiger partial charge < -0.3 is 9.94 Å². The van der Waals surface area contributed by atoms with Crippen molar-refractivity contribution >= 4 is 0 Å². The maximum atomic E-state index is 10.0. The normalized spacial score (nSPS) is 24.6. The van der Waals surface area contributed by atoms with Crippen LogP contribution in [0, 0.1) is 12.8 Å². The molecule has 0 amide bonds. The van der Waals surface area contributed by atoms with Gasteiger partial charge in [0.25, 0.3) is 0 Å². The van der Waals surface area contributed by atoms with Crippen molar-refractivity contribution in [1.29, 1.82) is 0 Å². The minimum atomic E-state index is -0.290. The Labute approximate surface area is 138 Å². The predicted molar refractivity (Wildman–Crippen MR) is 92.8 cm³/mol. The van der Waals surface area contributed by atoms with E-state index in [2.05, 4.69) is 55.5 Å². The Morgan fingerprint density at radius 1 is 1.00 bits per heavy atom. The zero-order chi connectivity index (χ0) is 16.2. The first-order valence-electron chi connectivity index (χ1n) is 8.34. The Balaban J connectivity index is 1.73. The summed E-state index contributed by atoms with van der Waals surface area (Å²) in [5.41, 5.74) is 5.11. The van der Waals surface area contributed by atoms with E-state index < -0.39 is 0 Å². The van der Waals surface area contributed by atoms with E-state index in [1.54, 1.807) is 0 Å². The van der Waals surface area contributed by atoms with E-state index in [0.29, 0.717) is 12.5 Å². The summed E-state index contributed by atoms with van der Waals surface area (Å²) in [6.07, 6.45) is 2.48. The standard InChI is InChI=1S/C20H25NO2/c1-14-2-4-15(5-3-14)16-6-8-17(9-7-16)18-10-11-20(22)19(12-18)13-23-21/h2-9,18-20,22H,10-13,21H2,1H3. The zero-order valence-electron chi connectivity index (χ0n) is 13.6. The summed E-state index contributed by atoms with van der Waals surface area (Å²) in [4.78, 5) is 4.76. The molecule has 0 radical (unpaired) electrons. The molecule has 0 bridgehead atoms. The molecule has 1 saturated carbocycles. The summed E-state index contributed by atoms with van der Waals surface area (Å²) in [6.45, 7) is 2.53. The number of aryl methyl sites for hydroxylation is 1. The second-order valence-electron chi connectivity index (χ2n) is 6.66. The average molecular weight is 311 g/mol. The topological polar surface area (TPSA) is 55.5 Å². The van der Waals surface area contributed by atoms with Crippen molar-refractivity contribution in [2.45, 2.75) is 38.2 Å². The molecular formula is C20H25NO2. The van der Waals surface area contributed by atoms with E-state index in [1.165, 1.54) is 22.3 Å². The fourth-order valence-electron chi connectivity index (χ4n) is 3.55. The zero-order valence-corrected chi connectivity index (χ0v) is 13.6. The molecule has 1 aliphatic carbocycles. The average Bonchev–Trinajstić information content (AvgIpc) is 2.58. The van der Waals surface area contributed by atoms with Gasteiger partial charge in [0.2, 0.25) is 0 Å². The van der Waals surface area contributed by atoms with Crippen LogP contribution < -0.4 is 5.90 Å². The van der Waals surface area contributed by atoms with E-state index in [0.717, 1.165) is 19.3 Å². The van der Waals surface area contributed by atoms with Crippen molar-refractivity contribution in [3.8, 4) is 11.1 Å². The minimum absolute atomic E-state index is 0.135. The predicted octanol–water partition coefficient (Wildman–Crippen LogP) is 3.80. The fourth-order valence-corrected chi connectivity index (χ4v) is 3.55. The van der Waals surface area contributed by atoms with Gasteiger partial charge in [0, 0.05) is 5.92 Å². The summed E-state index contributed by atoms with van der Waals surface area (Å²) < 4.78 is 0. The molecule has 3 N–H and O–H groups in total. The lowest BCUT2D eigenvalue weighted by molar-refractivity contribution is -0.000697. The molecule has 0 aliphatic heterocycles. The van der Waals surface area contributed by atoms with E-state index >= 15 is 0 Å². The van der Waals surface area contributed by atoms with Crippen LogP contribution in [0.3, 0.4) is 0 Å². The second-order valence-corrected chi connectivity index (χ2v) is 6.66. The molecule has 0 spiro atoms. The summed E-state index contributed by atoms with van der Waals surface area (Å²) in [5.74, 6) is 5.80. The molecule has 3 unspecified atom stereocenters. The Morgan fingerprint density at radius 3 is 2.22 bits per heavy atom. The largest absolute Gasteiger partial charge is 0.393 e. The maximum absolute atomic E-state index is 10.0. The highest BCUT2D eigenvalue weighted by Gasteiger charge is 2.30. The van der Waals surface area contributed by atoms with E-state index in [4.69, 9.17) is 10.7 Å². The summed E-state index contributed by atoms with van der Waals surface area (Å²) in [7, 11) is 0. The molecule has 1 aliphatic rings. The highest BCUT2D eigenvalue weighted by Crippen LogP contribution is 2.37. The summed E-state index contributed by atoms with van der Waals surface area (Å²) in [6, 6.07) is 17.4. The molecule has 3 atom stereocenters. The Bertz CT molecular complexity index is 621. The molecule has 1 fully saturated rings. The third-order valence-corrected chi connectivity index (χ3v) is 5.02.